The normalized spacial score (nSPS) is 25.8. The Bertz CT molecular complexity index is 1030. The third-order valence-corrected chi connectivity index (χ3v) is 5.05. The molecule has 2 aromatic rings. The fourth-order valence-electron chi connectivity index (χ4n) is 3.58. The zero-order valence-electron chi connectivity index (χ0n) is 16.9. The number of carbonyl (C=O) groups is 1. The summed E-state index contributed by atoms with van der Waals surface area (Å²) >= 11 is 0. The van der Waals surface area contributed by atoms with E-state index in [4.69, 9.17) is 34.8 Å². The second-order valence-electron chi connectivity index (χ2n) is 7.47. The third kappa shape index (κ3) is 3.62. The number of methoxy groups -OCH3 is 1. The van der Waals surface area contributed by atoms with Gasteiger partial charge in [0.2, 0.25) is 6.29 Å². The lowest BCUT2D eigenvalue weighted by atomic mass is 9.89. The summed E-state index contributed by atoms with van der Waals surface area (Å²) in [5, 5.41) is 21.0. The fraction of sp³-hybridized carbons (Fsp3) is 0.474. The predicted octanol–water partition coefficient (Wildman–Crippen LogP) is 0.743. The van der Waals surface area contributed by atoms with E-state index in [9.17, 15) is 19.8 Å². The van der Waals surface area contributed by atoms with Crippen LogP contribution in [0.4, 0.5) is 10.5 Å². The Morgan fingerprint density at radius 2 is 1.97 bits per heavy atom. The van der Waals surface area contributed by atoms with E-state index in [1.807, 2.05) is 0 Å². The van der Waals surface area contributed by atoms with Crippen LogP contribution < -0.4 is 21.8 Å². The summed E-state index contributed by atoms with van der Waals surface area (Å²) < 4.78 is 27.2. The second kappa shape index (κ2) is 7.67. The van der Waals surface area contributed by atoms with Crippen molar-refractivity contribution < 1.29 is 38.4 Å². The van der Waals surface area contributed by atoms with Gasteiger partial charge in [-0.2, -0.15) is 0 Å². The highest BCUT2D eigenvalue weighted by molar-refractivity contribution is 5.90. The molecule has 1 amide bonds. The molecular formula is C19H24N2O9. The number of amides is 1. The summed E-state index contributed by atoms with van der Waals surface area (Å²) in [4.78, 5) is 23.1. The van der Waals surface area contributed by atoms with Crippen LogP contribution in [0, 0.1) is 6.92 Å². The Balaban J connectivity index is 1.99. The number of aromatic hydroxyl groups is 1. The number of carbonyl (C=O) groups excluding carboxylic acids is 1. The van der Waals surface area contributed by atoms with Crippen LogP contribution in [0.3, 0.4) is 0 Å². The molecule has 1 aromatic heterocycles. The molecule has 2 heterocycles. The molecule has 2 unspecified atom stereocenters. The van der Waals surface area contributed by atoms with Gasteiger partial charge in [-0.3, -0.25) is 0 Å². The molecule has 1 fully saturated rings. The molecule has 164 valence electrons. The maximum atomic E-state index is 11.8. The van der Waals surface area contributed by atoms with Gasteiger partial charge in [-0.1, -0.05) is 0 Å². The van der Waals surface area contributed by atoms with Crippen molar-refractivity contribution in [3.05, 3.63) is 28.1 Å². The number of nitrogen functional groups attached to an aromatic ring is 1. The molecule has 11 nitrogen and oxygen atoms in total. The van der Waals surface area contributed by atoms with Crippen LogP contribution in [0.5, 0.6) is 11.5 Å². The van der Waals surface area contributed by atoms with Crippen molar-refractivity contribution in [1.29, 1.82) is 0 Å². The summed E-state index contributed by atoms with van der Waals surface area (Å²) in [5.74, 6) is -0.202. The lowest BCUT2D eigenvalue weighted by molar-refractivity contribution is -0.304. The van der Waals surface area contributed by atoms with Gasteiger partial charge in [0.15, 0.2) is 23.6 Å². The molecule has 0 bridgehead atoms. The van der Waals surface area contributed by atoms with Crippen molar-refractivity contribution in [3.8, 4) is 11.5 Å². The lowest BCUT2D eigenvalue weighted by Gasteiger charge is -2.47. The fourth-order valence-corrected chi connectivity index (χ4v) is 3.58. The topological polar surface area (TPSA) is 177 Å². The Morgan fingerprint density at radius 1 is 1.30 bits per heavy atom. The van der Waals surface area contributed by atoms with Gasteiger partial charge in [-0.25, -0.2) is 9.59 Å². The van der Waals surface area contributed by atoms with E-state index >= 15 is 0 Å². The van der Waals surface area contributed by atoms with E-state index in [0.717, 1.165) is 0 Å². The highest BCUT2D eigenvalue weighted by Gasteiger charge is 2.53. The minimum atomic E-state index is -1.45. The molecule has 1 aliphatic heterocycles. The van der Waals surface area contributed by atoms with Crippen LogP contribution in [-0.4, -0.2) is 53.6 Å². The average Bonchev–Trinajstić information content (AvgIpc) is 2.66. The van der Waals surface area contributed by atoms with Gasteiger partial charge in [-0.05, 0) is 32.9 Å². The monoisotopic (exact) mass is 424 g/mol. The lowest BCUT2D eigenvalue weighted by Crippen LogP contribution is -2.65. The molecule has 0 radical (unpaired) electrons. The summed E-state index contributed by atoms with van der Waals surface area (Å²) in [6.45, 7) is 4.94. The number of ether oxygens (including phenoxy) is 4. The van der Waals surface area contributed by atoms with Crippen LogP contribution in [-0.2, 0) is 14.2 Å². The standard InChI is InChI=1S/C19H24N2O9/c1-7-9(6-5-8-11(22)10(20)16(24)28-13(7)8)27-17-12(23)14(29-18(21)25)15(26-4)19(2,3)30-17/h5-6,12,14-15,17,22-23H,20H2,1-4H3,(H2,21,25)/t12-,14?,15?,17+/m0/s1. The molecule has 1 aromatic carbocycles. The van der Waals surface area contributed by atoms with Gasteiger partial charge in [0, 0.05) is 12.7 Å². The number of aliphatic hydroxyl groups excluding tert-OH is 1. The maximum Gasteiger partial charge on any atom is 0.404 e. The van der Waals surface area contributed by atoms with Crippen molar-refractivity contribution >= 4 is 22.7 Å². The Hall–Kier alpha value is -3.02. The van der Waals surface area contributed by atoms with E-state index in [0.29, 0.717) is 5.56 Å². The minimum Gasteiger partial charge on any atom is -0.505 e. The van der Waals surface area contributed by atoms with Gasteiger partial charge >= 0.3 is 11.7 Å². The predicted molar refractivity (Wildman–Crippen MR) is 104 cm³/mol. The number of primary amides is 1. The number of fused-ring (bicyclic) bond motifs is 1. The number of aryl methyl sites for hydroxylation is 1. The Morgan fingerprint density at radius 3 is 2.57 bits per heavy atom. The molecule has 6 N–H and O–H groups in total. The first-order valence-electron chi connectivity index (χ1n) is 9.04. The average molecular weight is 424 g/mol. The molecule has 3 rings (SSSR count). The first-order valence-corrected chi connectivity index (χ1v) is 9.04. The second-order valence-corrected chi connectivity index (χ2v) is 7.47. The number of hydrogen-bond acceptors (Lipinski definition) is 10. The first kappa shape index (κ1) is 21.7. The van der Waals surface area contributed by atoms with E-state index in [1.165, 1.54) is 19.2 Å². The number of aliphatic hydroxyl groups is 1. The van der Waals surface area contributed by atoms with Gasteiger partial charge in [0.05, 0.1) is 11.0 Å². The van der Waals surface area contributed by atoms with Gasteiger partial charge in [0.1, 0.15) is 17.4 Å². The number of benzene rings is 1. The van der Waals surface area contributed by atoms with Crippen molar-refractivity contribution in [2.75, 3.05) is 12.8 Å². The molecule has 4 atom stereocenters. The minimum absolute atomic E-state index is 0.0634. The van der Waals surface area contributed by atoms with Crippen LogP contribution in [0.25, 0.3) is 11.0 Å². The summed E-state index contributed by atoms with van der Waals surface area (Å²) in [6, 6.07) is 2.94. The van der Waals surface area contributed by atoms with Crippen LogP contribution in [0.15, 0.2) is 21.3 Å². The molecule has 1 aliphatic rings. The van der Waals surface area contributed by atoms with E-state index in [2.05, 4.69) is 0 Å². The number of nitrogens with two attached hydrogens (primary N) is 2. The zero-order chi connectivity index (χ0) is 22.4. The van der Waals surface area contributed by atoms with Crippen molar-refractivity contribution in [2.45, 2.75) is 51.0 Å². The van der Waals surface area contributed by atoms with E-state index < -0.39 is 53.4 Å². The third-order valence-electron chi connectivity index (χ3n) is 5.05. The molecule has 30 heavy (non-hydrogen) atoms. The summed E-state index contributed by atoms with van der Waals surface area (Å²) in [7, 11) is 1.38. The molecule has 1 saturated heterocycles. The number of rotatable bonds is 4. The summed E-state index contributed by atoms with van der Waals surface area (Å²) in [6.07, 6.45) is -5.80. The SMILES string of the molecule is COC1C(OC(N)=O)[C@H](O)[C@H](Oc2ccc3c(O)c(N)c(=O)oc3c2C)OC1(C)C. The van der Waals surface area contributed by atoms with E-state index in [1.54, 1.807) is 20.8 Å². The van der Waals surface area contributed by atoms with Crippen LogP contribution in [0.2, 0.25) is 0 Å². The zero-order valence-corrected chi connectivity index (χ0v) is 16.9. The highest BCUT2D eigenvalue weighted by atomic mass is 16.7. The van der Waals surface area contributed by atoms with Gasteiger partial charge in [0.25, 0.3) is 0 Å². The van der Waals surface area contributed by atoms with Crippen molar-refractivity contribution in [1.82, 2.24) is 0 Å². The first-order chi connectivity index (χ1) is 14.0. The van der Waals surface area contributed by atoms with E-state index in [-0.39, 0.29) is 16.7 Å². The smallest absolute Gasteiger partial charge is 0.404 e. The van der Waals surface area contributed by atoms with Gasteiger partial charge < -0.3 is 45.0 Å². The van der Waals surface area contributed by atoms with Crippen molar-refractivity contribution in [2.24, 2.45) is 5.73 Å². The molecule has 11 heteroatoms. The van der Waals surface area contributed by atoms with Gasteiger partial charge in [-0.15, -0.1) is 0 Å². The Labute approximate surface area is 171 Å². The van der Waals surface area contributed by atoms with Crippen LogP contribution >= 0.6 is 0 Å². The molecule has 0 aliphatic carbocycles. The molecule has 0 saturated carbocycles. The Kier molecular flexibility index (Phi) is 5.54. The quantitative estimate of drug-likeness (QED) is 0.512. The largest absolute Gasteiger partial charge is 0.505 e. The summed E-state index contributed by atoms with van der Waals surface area (Å²) in [5.41, 5.74) is 8.74. The molecular weight excluding hydrogens is 400 g/mol. The van der Waals surface area contributed by atoms with Crippen LogP contribution in [0.1, 0.15) is 19.4 Å². The highest BCUT2D eigenvalue weighted by Crippen LogP contribution is 2.37. The maximum absolute atomic E-state index is 11.8. The van der Waals surface area contributed by atoms with Crippen molar-refractivity contribution in [3.63, 3.8) is 0 Å². The number of hydrogen-bond donors (Lipinski definition) is 4. The molecule has 0 spiro atoms. The number of anilines is 1.